The zero-order valence-electron chi connectivity index (χ0n) is 25.4. The van der Waals surface area contributed by atoms with E-state index < -0.39 is 0 Å². The highest BCUT2D eigenvalue weighted by Crippen LogP contribution is 2.47. The Morgan fingerprint density at radius 2 is 0.979 bits per heavy atom. The van der Waals surface area contributed by atoms with Gasteiger partial charge >= 0.3 is 0 Å². The van der Waals surface area contributed by atoms with Crippen LogP contribution in [0.4, 0.5) is 17.1 Å². The van der Waals surface area contributed by atoms with E-state index in [2.05, 4.69) is 161 Å². The lowest BCUT2D eigenvalue weighted by Crippen LogP contribution is -2.61. The molecule has 12 rings (SSSR count). The van der Waals surface area contributed by atoms with Gasteiger partial charge in [-0.25, -0.2) is 0 Å². The predicted molar refractivity (Wildman–Crippen MR) is 200 cm³/mol. The van der Waals surface area contributed by atoms with E-state index in [0.717, 1.165) is 0 Å². The Morgan fingerprint density at radius 1 is 0.383 bits per heavy atom. The standard InChI is InChI=1S/C44H25BN2/c1-2-11-28(12-3-1)46-36-18-5-4-13-30(36)31-22-21-29(25-39(31)46)47-37-23-19-26-9-6-14-32-34-16-8-17-35-33-15-7-10-27-20-24-38(47)44(41(27)33)45(42(34)35)43(37)40(26)32/h1-25H. The Hall–Kier alpha value is -6.06. The molecular formula is C44H25BN2. The van der Waals surface area contributed by atoms with Gasteiger partial charge in [0.05, 0.1) is 11.0 Å². The molecule has 0 radical (unpaired) electrons. The molecule has 0 N–H and O–H groups in total. The second-order valence-electron chi connectivity index (χ2n) is 13.2. The number of nitrogens with zero attached hydrogens (tertiary/aromatic N) is 2. The van der Waals surface area contributed by atoms with Crippen molar-refractivity contribution in [1.82, 2.24) is 4.57 Å². The molecule has 8 aromatic carbocycles. The zero-order chi connectivity index (χ0) is 30.4. The van der Waals surface area contributed by atoms with Crippen LogP contribution in [0.1, 0.15) is 0 Å². The minimum atomic E-state index is 0.194. The molecule has 9 aromatic rings. The van der Waals surface area contributed by atoms with Crippen molar-refractivity contribution in [2.45, 2.75) is 0 Å². The molecule has 2 nitrogen and oxygen atoms in total. The van der Waals surface area contributed by atoms with Gasteiger partial charge in [-0.15, -0.1) is 0 Å². The summed E-state index contributed by atoms with van der Waals surface area (Å²) in [5.41, 5.74) is 17.2. The lowest BCUT2D eigenvalue weighted by atomic mass is 9.29. The Bertz CT molecular complexity index is 2750. The van der Waals surface area contributed by atoms with Crippen LogP contribution in [0.25, 0.3) is 71.3 Å². The van der Waals surface area contributed by atoms with Gasteiger partial charge < -0.3 is 9.47 Å². The van der Waals surface area contributed by atoms with E-state index >= 15 is 0 Å². The molecule has 3 aliphatic heterocycles. The Kier molecular flexibility index (Phi) is 4.33. The molecule has 0 saturated carbocycles. The summed E-state index contributed by atoms with van der Waals surface area (Å²) in [7, 11) is 0. The van der Waals surface area contributed by atoms with Crippen molar-refractivity contribution < 1.29 is 0 Å². The molecule has 0 spiro atoms. The smallest absolute Gasteiger partial charge is 0.249 e. The lowest BCUT2D eigenvalue weighted by Gasteiger charge is -2.43. The van der Waals surface area contributed by atoms with Crippen LogP contribution in [-0.4, -0.2) is 11.3 Å². The molecule has 4 heterocycles. The molecule has 3 heteroatoms. The Labute approximate surface area is 271 Å². The van der Waals surface area contributed by atoms with Gasteiger partial charge in [0.25, 0.3) is 0 Å². The van der Waals surface area contributed by atoms with Gasteiger partial charge in [-0.3, -0.25) is 0 Å². The predicted octanol–water partition coefficient (Wildman–Crippen LogP) is 9.35. The Balaban J connectivity index is 1.24. The fourth-order valence-corrected chi connectivity index (χ4v) is 9.36. The second kappa shape index (κ2) is 8.40. The van der Waals surface area contributed by atoms with Gasteiger partial charge in [0.1, 0.15) is 0 Å². The molecule has 0 bridgehead atoms. The maximum atomic E-state index is 2.55. The first-order valence-electron chi connectivity index (χ1n) is 16.5. The van der Waals surface area contributed by atoms with Crippen LogP contribution in [0.3, 0.4) is 0 Å². The first-order chi connectivity index (χ1) is 23.3. The minimum Gasteiger partial charge on any atom is -0.311 e. The maximum Gasteiger partial charge on any atom is 0.249 e. The summed E-state index contributed by atoms with van der Waals surface area (Å²) in [6.07, 6.45) is 0. The highest BCUT2D eigenvalue weighted by Gasteiger charge is 2.45. The first-order valence-corrected chi connectivity index (χ1v) is 16.5. The maximum absolute atomic E-state index is 2.55. The van der Waals surface area contributed by atoms with E-state index in [1.54, 1.807) is 0 Å². The molecular weight excluding hydrogens is 567 g/mol. The number of fused-ring (bicyclic) bond motifs is 5. The largest absolute Gasteiger partial charge is 0.311 e. The third-order valence-corrected chi connectivity index (χ3v) is 11.1. The highest BCUT2D eigenvalue weighted by molar-refractivity contribution is 7.03. The summed E-state index contributed by atoms with van der Waals surface area (Å²) < 4.78 is 2.43. The monoisotopic (exact) mass is 592 g/mol. The third kappa shape index (κ3) is 2.85. The summed E-state index contributed by atoms with van der Waals surface area (Å²) in [5, 5.41) is 7.96. The van der Waals surface area contributed by atoms with Crippen LogP contribution < -0.4 is 21.3 Å². The van der Waals surface area contributed by atoms with Crippen LogP contribution in [0.2, 0.25) is 0 Å². The number of benzene rings is 8. The number of rotatable bonds is 2. The zero-order valence-corrected chi connectivity index (χ0v) is 25.4. The fraction of sp³-hybridized carbons (Fsp3) is 0. The van der Waals surface area contributed by atoms with E-state index in [1.807, 2.05) is 0 Å². The number of para-hydroxylation sites is 2. The van der Waals surface area contributed by atoms with Crippen LogP contribution in [0.15, 0.2) is 152 Å². The molecule has 0 saturated heterocycles. The van der Waals surface area contributed by atoms with Crippen molar-refractivity contribution >= 4 is 83.5 Å². The summed E-state index contributed by atoms with van der Waals surface area (Å²) in [5.74, 6) is 0. The third-order valence-electron chi connectivity index (χ3n) is 11.1. The average molecular weight is 593 g/mol. The molecule has 1 aromatic heterocycles. The number of anilines is 3. The van der Waals surface area contributed by atoms with Crippen LogP contribution in [-0.2, 0) is 0 Å². The molecule has 214 valence electrons. The van der Waals surface area contributed by atoms with Crippen molar-refractivity contribution in [3.05, 3.63) is 152 Å². The average Bonchev–Trinajstić information content (AvgIpc) is 3.47. The van der Waals surface area contributed by atoms with Crippen molar-refractivity contribution in [3.8, 4) is 27.9 Å². The summed E-state index contributed by atoms with van der Waals surface area (Å²) in [4.78, 5) is 2.55. The van der Waals surface area contributed by atoms with Gasteiger partial charge in [-0.2, -0.15) is 0 Å². The van der Waals surface area contributed by atoms with Crippen molar-refractivity contribution in [1.29, 1.82) is 0 Å². The summed E-state index contributed by atoms with van der Waals surface area (Å²) in [6.45, 7) is 0.194. The minimum absolute atomic E-state index is 0.194. The van der Waals surface area contributed by atoms with E-state index in [1.165, 1.54) is 105 Å². The van der Waals surface area contributed by atoms with Crippen LogP contribution in [0.5, 0.6) is 0 Å². The van der Waals surface area contributed by atoms with Gasteiger partial charge in [-0.05, 0) is 97.2 Å². The molecule has 0 amide bonds. The normalized spacial score (nSPS) is 13.4. The lowest BCUT2D eigenvalue weighted by molar-refractivity contribution is 1.18. The van der Waals surface area contributed by atoms with Crippen LogP contribution >= 0.6 is 0 Å². The summed E-state index contributed by atoms with van der Waals surface area (Å²) in [6, 6.07) is 56.7. The van der Waals surface area contributed by atoms with E-state index in [-0.39, 0.29) is 6.71 Å². The topological polar surface area (TPSA) is 8.17 Å². The van der Waals surface area contributed by atoms with Crippen molar-refractivity contribution in [2.24, 2.45) is 0 Å². The number of hydrogen-bond acceptors (Lipinski definition) is 1. The van der Waals surface area contributed by atoms with E-state index in [9.17, 15) is 0 Å². The van der Waals surface area contributed by atoms with Gasteiger partial charge in [0.15, 0.2) is 0 Å². The quantitative estimate of drug-likeness (QED) is 0.182. The number of hydrogen-bond donors (Lipinski definition) is 0. The molecule has 3 aliphatic rings. The SMILES string of the molecule is c1ccc(-n2c3ccccc3c3ccc(N4c5ccc6cccc7c6c5B5c6c-7cccc6-c6cccc7ccc4c5c67)cc32)cc1. The van der Waals surface area contributed by atoms with Gasteiger partial charge in [0, 0.05) is 33.5 Å². The molecule has 0 unspecified atom stereocenters. The van der Waals surface area contributed by atoms with Crippen molar-refractivity contribution in [2.75, 3.05) is 4.90 Å². The molecule has 47 heavy (non-hydrogen) atoms. The fourth-order valence-electron chi connectivity index (χ4n) is 9.36. The highest BCUT2D eigenvalue weighted by atomic mass is 15.2. The molecule has 0 aliphatic carbocycles. The second-order valence-corrected chi connectivity index (χ2v) is 13.2. The van der Waals surface area contributed by atoms with Crippen LogP contribution in [0, 0.1) is 0 Å². The van der Waals surface area contributed by atoms with E-state index in [4.69, 9.17) is 0 Å². The van der Waals surface area contributed by atoms with Gasteiger partial charge in [-0.1, -0.05) is 115 Å². The first kappa shape index (κ1) is 24.2. The van der Waals surface area contributed by atoms with Gasteiger partial charge in [0.2, 0.25) is 6.71 Å². The van der Waals surface area contributed by atoms with Crippen molar-refractivity contribution in [3.63, 3.8) is 0 Å². The molecule has 0 fully saturated rings. The molecule has 0 atom stereocenters. The number of aromatic nitrogens is 1. The van der Waals surface area contributed by atoms with E-state index in [0.29, 0.717) is 0 Å². The summed E-state index contributed by atoms with van der Waals surface area (Å²) >= 11 is 0. The Morgan fingerprint density at radius 3 is 1.68 bits per heavy atom.